The fraction of sp³-hybridized carbons (Fsp3) is 0.538. The molecule has 1 aromatic heterocycles. The minimum Gasteiger partial charge on any atom is -0.591 e. The van der Waals surface area contributed by atoms with Gasteiger partial charge in [0.25, 0.3) is 0 Å². The number of hydrogen-bond donors (Lipinski definition) is 0. The Kier molecular flexibility index (Phi) is 3.73. The van der Waals surface area contributed by atoms with Crippen molar-refractivity contribution in [3.8, 4) is 0 Å². The zero-order chi connectivity index (χ0) is 13.3. The number of hydrogen-bond acceptors (Lipinski definition) is 3. The van der Waals surface area contributed by atoms with Crippen LogP contribution in [-0.2, 0) is 11.4 Å². The average Bonchev–Trinajstić information content (AvgIpc) is 3.08. The number of aromatic nitrogens is 1. The molecule has 1 aromatic rings. The average molecular weight is 268 g/mol. The summed E-state index contributed by atoms with van der Waals surface area (Å²) in [5, 5.41) is 0. The van der Waals surface area contributed by atoms with Gasteiger partial charge in [0.1, 0.15) is 22.3 Å². The van der Waals surface area contributed by atoms with E-state index >= 15 is 0 Å². The quantitative estimate of drug-likeness (QED) is 0.480. The minimum atomic E-state index is -1.34. The molecule has 1 aliphatic carbocycles. The van der Waals surface area contributed by atoms with Crippen LogP contribution in [-0.4, -0.2) is 20.5 Å². The Hall–Kier alpha value is -0.940. The van der Waals surface area contributed by atoms with Crippen LogP contribution in [0.3, 0.4) is 0 Å². The maximum Gasteiger partial charge on any atom is 0.216 e. The van der Waals surface area contributed by atoms with Gasteiger partial charge in [-0.05, 0) is 45.6 Å². The maximum atomic E-state index is 13.7. The van der Waals surface area contributed by atoms with Crippen LogP contribution >= 0.6 is 0 Å². The molecular formula is C13H17FN2OS. The molecule has 0 aromatic carbocycles. The molecule has 18 heavy (non-hydrogen) atoms. The van der Waals surface area contributed by atoms with Gasteiger partial charge in [-0.15, -0.1) is 0 Å². The third-order valence-electron chi connectivity index (χ3n) is 2.72. The molecule has 0 N–H and O–H groups in total. The van der Waals surface area contributed by atoms with Gasteiger partial charge in [-0.25, -0.2) is 4.98 Å². The first-order valence-corrected chi connectivity index (χ1v) is 7.11. The summed E-state index contributed by atoms with van der Waals surface area (Å²) in [6, 6.07) is 3.47. The summed E-state index contributed by atoms with van der Waals surface area (Å²) in [5.74, 6) is -0.0878. The second kappa shape index (κ2) is 4.97. The van der Waals surface area contributed by atoms with Crippen molar-refractivity contribution in [1.29, 1.82) is 0 Å². The van der Waals surface area contributed by atoms with Gasteiger partial charge in [-0.2, -0.15) is 4.39 Å². The van der Waals surface area contributed by atoms with E-state index in [4.69, 9.17) is 0 Å². The number of halogens is 1. The fourth-order valence-electron chi connectivity index (χ4n) is 1.49. The van der Waals surface area contributed by atoms with E-state index in [0.29, 0.717) is 17.2 Å². The highest BCUT2D eigenvalue weighted by atomic mass is 32.2. The van der Waals surface area contributed by atoms with E-state index < -0.39 is 22.1 Å². The highest BCUT2D eigenvalue weighted by Gasteiger charge is 2.27. The normalized spacial score (nSPS) is 18.3. The Morgan fingerprint density at radius 3 is 2.61 bits per heavy atom. The fourth-order valence-corrected chi connectivity index (χ4v) is 2.01. The minimum absolute atomic E-state index is 0.340. The molecule has 1 aliphatic rings. The zero-order valence-electron chi connectivity index (χ0n) is 10.8. The molecule has 5 heteroatoms. The van der Waals surface area contributed by atoms with Gasteiger partial charge in [-0.1, -0.05) is 10.5 Å². The molecule has 1 fully saturated rings. The lowest BCUT2D eigenvalue weighted by Crippen LogP contribution is -2.25. The van der Waals surface area contributed by atoms with E-state index in [1.165, 1.54) is 6.21 Å². The van der Waals surface area contributed by atoms with Crippen molar-refractivity contribution in [2.45, 2.75) is 44.3 Å². The molecule has 0 radical (unpaired) electrons. The Balaban J connectivity index is 2.10. The van der Waals surface area contributed by atoms with Crippen molar-refractivity contribution in [2.75, 3.05) is 0 Å². The van der Waals surface area contributed by atoms with Crippen molar-refractivity contribution >= 4 is 17.6 Å². The molecule has 1 unspecified atom stereocenters. The standard InChI is InChI=1S/C13H17FN2OS/c1-13(2,3)18(17)15-8-10-6-7-11(9-4-5-9)12(14)16-10/h6-9H,4-5H2,1-3H3. The van der Waals surface area contributed by atoms with Crippen molar-refractivity contribution in [3.63, 3.8) is 0 Å². The van der Waals surface area contributed by atoms with Crippen LogP contribution in [0.4, 0.5) is 4.39 Å². The summed E-state index contributed by atoms with van der Waals surface area (Å²) in [4.78, 5) is 3.84. The molecule has 0 saturated heterocycles. The lowest BCUT2D eigenvalue weighted by atomic mass is 10.2. The van der Waals surface area contributed by atoms with Gasteiger partial charge in [0.05, 0.1) is 5.69 Å². The number of pyridine rings is 1. The molecule has 0 bridgehead atoms. The SMILES string of the molecule is CC(C)(C)[S+]([O-])N=Cc1ccc(C2CC2)c(F)n1. The summed E-state index contributed by atoms with van der Waals surface area (Å²) in [6.07, 6.45) is 3.46. The van der Waals surface area contributed by atoms with E-state index in [-0.39, 0.29) is 0 Å². The van der Waals surface area contributed by atoms with Crippen molar-refractivity contribution in [1.82, 2.24) is 4.98 Å². The maximum absolute atomic E-state index is 13.7. The number of rotatable bonds is 3. The van der Waals surface area contributed by atoms with Gasteiger partial charge < -0.3 is 4.55 Å². The topological polar surface area (TPSA) is 48.3 Å². The molecule has 1 saturated carbocycles. The van der Waals surface area contributed by atoms with Gasteiger partial charge in [0.2, 0.25) is 5.95 Å². The molecule has 1 atom stereocenters. The Morgan fingerprint density at radius 2 is 2.11 bits per heavy atom. The van der Waals surface area contributed by atoms with Gasteiger partial charge in [-0.3, -0.25) is 0 Å². The van der Waals surface area contributed by atoms with E-state index in [2.05, 4.69) is 9.38 Å². The molecule has 0 aliphatic heterocycles. The smallest absolute Gasteiger partial charge is 0.216 e. The van der Waals surface area contributed by atoms with E-state index in [0.717, 1.165) is 12.8 Å². The first-order chi connectivity index (χ1) is 8.38. The predicted molar refractivity (Wildman–Crippen MR) is 71.7 cm³/mol. The Bertz CT molecular complexity index is 467. The number of nitrogens with zero attached hydrogens (tertiary/aromatic N) is 2. The zero-order valence-corrected chi connectivity index (χ0v) is 11.6. The van der Waals surface area contributed by atoms with Crippen LogP contribution in [0, 0.1) is 5.95 Å². The van der Waals surface area contributed by atoms with E-state index in [9.17, 15) is 8.94 Å². The molecule has 3 nitrogen and oxygen atoms in total. The summed E-state index contributed by atoms with van der Waals surface area (Å²) < 4.78 is 28.9. The first-order valence-electron chi connectivity index (χ1n) is 6.00. The van der Waals surface area contributed by atoms with E-state index in [1.54, 1.807) is 12.1 Å². The Labute approximate surface area is 110 Å². The van der Waals surface area contributed by atoms with Crippen LogP contribution in [0.15, 0.2) is 16.5 Å². The molecular weight excluding hydrogens is 251 g/mol. The Morgan fingerprint density at radius 1 is 1.44 bits per heavy atom. The largest absolute Gasteiger partial charge is 0.591 e. The first kappa shape index (κ1) is 13.5. The molecule has 1 heterocycles. The van der Waals surface area contributed by atoms with Crippen molar-refractivity contribution in [2.24, 2.45) is 4.40 Å². The molecule has 0 amide bonds. The second-order valence-corrected chi connectivity index (χ2v) is 7.42. The van der Waals surface area contributed by atoms with Crippen LogP contribution in [0.2, 0.25) is 0 Å². The van der Waals surface area contributed by atoms with Crippen LogP contribution < -0.4 is 0 Å². The lowest BCUT2D eigenvalue weighted by molar-refractivity contribution is 0.561. The van der Waals surface area contributed by atoms with Gasteiger partial charge in [0.15, 0.2) is 0 Å². The van der Waals surface area contributed by atoms with E-state index in [1.807, 2.05) is 20.8 Å². The molecule has 98 valence electrons. The van der Waals surface area contributed by atoms with Gasteiger partial charge >= 0.3 is 0 Å². The predicted octanol–water partition coefficient (Wildman–Crippen LogP) is 2.98. The van der Waals surface area contributed by atoms with Gasteiger partial charge in [0, 0.05) is 5.56 Å². The summed E-state index contributed by atoms with van der Waals surface area (Å²) in [5.41, 5.74) is 1.10. The summed E-state index contributed by atoms with van der Waals surface area (Å²) in [6.45, 7) is 5.51. The summed E-state index contributed by atoms with van der Waals surface area (Å²) >= 11 is -1.34. The van der Waals surface area contributed by atoms with Crippen LogP contribution in [0.5, 0.6) is 0 Å². The van der Waals surface area contributed by atoms with Crippen molar-refractivity contribution < 1.29 is 8.94 Å². The van der Waals surface area contributed by atoms with Crippen molar-refractivity contribution in [3.05, 3.63) is 29.3 Å². The lowest BCUT2D eigenvalue weighted by Gasteiger charge is -2.17. The van der Waals surface area contributed by atoms with Crippen LogP contribution in [0.25, 0.3) is 0 Å². The third kappa shape index (κ3) is 3.29. The highest BCUT2D eigenvalue weighted by Crippen LogP contribution is 2.40. The summed E-state index contributed by atoms with van der Waals surface area (Å²) in [7, 11) is 0. The third-order valence-corrected chi connectivity index (χ3v) is 4.07. The monoisotopic (exact) mass is 268 g/mol. The second-order valence-electron chi connectivity index (χ2n) is 5.49. The highest BCUT2D eigenvalue weighted by molar-refractivity contribution is 7.91. The molecule has 2 rings (SSSR count). The van der Waals surface area contributed by atoms with Crippen LogP contribution in [0.1, 0.15) is 50.8 Å². The molecule has 0 spiro atoms.